The zero-order valence-corrected chi connectivity index (χ0v) is 13.4. The molecule has 18 heavy (non-hydrogen) atoms. The third-order valence-electron chi connectivity index (χ3n) is 4.47. The summed E-state index contributed by atoms with van der Waals surface area (Å²) >= 11 is 0. The summed E-state index contributed by atoms with van der Waals surface area (Å²) in [5, 5.41) is 0. The molecule has 0 bridgehead atoms. The van der Waals surface area contributed by atoms with Crippen LogP contribution < -0.4 is 24.0 Å². The first-order valence-corrected chi connectivity index (χ1v) is 6.93. The van der Waals surface area contributed by atoms with E-state index in [0.29, 0.717) is 0 Å². The van der Waals surface area contributed by atoms with Crippen molar-refractivity contribution in [2.45, 2.75) is 37.6 Å². The third-order valence-corrected chi connectivity index (χ3v) is 4.47. The number of likely N-dealkylation sites (N-methyl/N-ethyl adjacent to an activating group) is 1. The van der Waals surface area contributed by atoms with Crippen LogP contribution in [-0.4, -0.2) is 62.9 Å². The van der Waals surface area contributed by atoms with E-state index in [-0.39, 0.29) is 35.9 Å². The van der Waals surface area contributed by atoms with Crippen LogP contribution in [0.4, 0.5) is 0 Å². The van der Waals surface area contributed by atoms with Crippen molar-refractivity contribution in [1.82, 2.24) is 0 Å². The SMILES string of the molecule is C[N+]1(CC2COC3(CCCC3)O2)CCOCC1.[I-]. The molecule has 106 valence electrons. The predicted molar refractivity (Wildman–Crippen MR) is 63.6 cm³/mol. The molecule has 1 atom stereocenters. The van der Waals surface area contributed by atoms with Gasteiger partial charge < -0.3 is 42.7 Å². The van der Waals surface area contributed by atoms with Crippen molar-refractivity contribution in [2.75, 3.05) is 46.5 Å². The quantitative estimate of drug-likeness (QED) is 0.423. The van der Waals surface area contributed by atoms with Crippen molar-refractivity contribution < 1.29 is 42.7 Å². The van der Waals surface area contributed by atoms with Crippen LogP contribution in [0.1, 0.15) is 25.7 Å². The number of morpholine rings is 1. The summed E-state index contributed by atoms with van der Waals surface area (Å²) in [6.07, 6.45) is 4.99. The highest BCUT2D eigenvalue weighted by molar-refractivity contribution is 4.84. The van der Waals surface area contributed by atoms with Crippen LogP contribution in [0.5, 0.6) is 0 Å². The van der Waals surface area contributed by atoms with E-state index in [1.165, 1.54) is 12.8 Å². The molecular formula is C13H24INO3. The van der Waals surface area contributed by atoms with E-state index in [1.54, 1.807) is 0 Å². The van der Waals surface area contributed by atoms with Crippen LogP contribution in [0.2, 0.25) is 0 Å². The number of rotatable bonds is 2. The van der Waals surface area contributed by atoms with Gasteiger partial charge in [0.15, 0.2) is 5.79 Å². The Hall–Kier alpha value is 0.570. The molecule has 1 spiro atoms. The standard InChI is InChI=1S/C13H24NO3.HI/c1-14(6-8-15-9-7-14)10-12-11-16-13(17-12)4-2-3-5-13;/h12H,2-11H2,1H3;1H/q+1;/p-1. The van der Waals surface area contributed by atoms with Gasteiger partial charge in [0.2, 0.25) is 0 Å². The minimum atomic E-state index is -0.198. The lowest BCUT2D eigenvalue weighted by atomic mass is 10.2. The molecule has 2 saturated heterocycles. The van der Waals surface area contributed by atoms with Crippen molar-refractivity contribution in [2.24, 2.45) is 0 Å². The number of hydrogen-bond acceptors (Lipinski definition) is 3. The first-order valence-electron chi connectivity index (χ1n) is 6.93. The molecule has 0 aromatic heterocycles. The topological polar surface area (TPSA) is 27.7 Å². The summed E-state index contributed by atoms with van der Waals surface area (Å²) in [6.45, 7) is 5.84. The maximum Gasteiger partial charge on any atom is 0.169 e. The molecule has 1 saturated carbocycles. The van der Waals surface area contributed by atoms with Crippen LogP contribution in [0.15, 0.2) is 0 Å². The lowest BCUT2D eigenvalue weighted by Gasteiger charge is -2.39. The summed E-state index contributed by atoms with van der Waals surface area (Å²) < 4.78 is 18.6. The van der Waals surface area contributed by atoms with E-state index >= 15 is 0 Å². The molecule has 1 unspecified atom stereocenters. The molecule has 3 aliphatic rings. The zero-order valence-electron chi connectivity index (χ0n) is 11.2. The smallest absolute Gasteiger partial charge is 0.169 e. The molecule has 1 aliphatic carbocycles. The van der Waals surface area contributed by atoms with Crippen molar-refractivity contribution in [1.29, 1.82) is 0 Å². The molecule has 2 aliphatic heterocycles. The van der Waals surface area contributed by atoms with Gasteiger partial charge in [-0.1, -0.05) is 0 Å². The monoisotopic (exact) mass is 369 g/mol. The normalized spacial score (nSPS) is 33.5. The third kappa shape index (κ3) is 3.17. The van der Waals surface area contributed by atoms with Gasteiger partial charge >= 0.3 is 0 Å². The van der Waals surface area contributed by atoms with Crippen molar-refractivity contribution in [3.05, 3.63) is 0 Å². The zero-order chi connectivity index (χ0) is 11.8. The Kier molecular flexibility index (Phi) is 4.91. The van der Waals surface area contributed by atoms with E-state index < -0.39 is 0 Å². The lowest BCUT2D eigenvalue weighted by molar-refractivity contribution is -0.919. The number of halogens is 1. The van der Waals surface area contributed by atoms with E-state index in [0.717, 1.165) is 56.8 Å². The van der Waals surface area contributed by atoms with Gasteiger partial charge in [0.25, 0.3) is 0 Å². The number of hydrogen-bond donors (Lipinski definition) is 0. The summed E-state index contributed by atoms with van der Waals surface area (Å²) in [5.74, 6) is -0.198. The van der Waals surface area contributed by atoms with Crippen LogP contribution >= 0.6 is 0 Å². The van der Waals surface area contributed by atoms with Crippen LogP contribution in [-0.2, 0) is 14.2 Å². The average molecular weight is 369 g/mol. The average Bonchev–Trinajstić information content (AvgIpc) is 2.91. The molecule has 5 heteroatoms. The summed E-state index contributed by atoms with van der Waals surface area (Å²) in [4.78, 5) is 0. The Morgan fingerprint density at radius 1 is 1.17 bits per heavy atom. The molecule has 0 aromatic carbocycles. The van der Waals surface area contributed by atoms with Crippen molar-refractivity contribution >= 4 is 0 Å². The van der Waals surface area contributed by atoms with Gasteiger partial charge in [-0.25, -0.2) is 0 Å². The molecule has 0 amide bonds. The van der Waals surface area contributed by atoms with Crippen LogP contribution in [0.25, 0.3) is 0 Å². The van der Waals surface area contributed by atoms with Gasteiger partial charge in [-0.05, 0) is 12.8 Å². The minimum absolute atomic E-state index is 0. The summed E-state index contributed by atoms with van der Waals surface area (Å²) in [6, 6.07) is 0. The summed E-state index contributed by atoms with van der Waals surface area (Å²) in [5.41, 5.74) is 0. The van der Waals surface area contributed by atoms with Crippen LogP contribution in [0, 0.1) is 0 Å². The fraction of sp³-hybridized carbons (Fsp3) is 1.00. The van der Waals surface area contributed by atoms with E-state index in [2.05, 4.69) is 7.05 Å². The van der Waals surface area contributed by atoms with Crippen molar-refractivity contribution in [3.8, 4) is 0 Å². The number of ether oxygens (including phenoxy) is 3. The maximum atomic E-state index is 6.20. The van der Waals surface area contributed by atoms with Gasteiger partial charge in [0, 0.05) is 12.8 Å². The van der Waals surface area contributed by atoms with Gasteiger partial charge in [0.1, 0.15) is 25.7 Å². The molecule has 3 fully saturated rings. The second kappa shape index (κ2) is 5.91. The van der Waals surface area contributed by atoms with Crippen molar-refractivity contribution in [3.63, 3.8) is 0 Å². The number of quaternary nitrogens is 1. The fourth-order valence-corrected chi connectivity index (χ4v) is 3.34. The lowest BCUT2D eigenvalue weighted by Crippen LogP contribution is -3.00. The molecule has 4 nitrogen and oxygen atoms in total. The Morgan fingerprint density at radius 2 is 1.83 bits per heavy atom. The van der Waals surface area contributed by atoms with E-state index in [4.69, 9.17) is 14.2 Å². The highest BCUT2D eigenvalue weighted by atomic mass is 127. The Morgan fingerprint density at radius 3 is 2.50 bits per heavy atom. The molecule has 3 rings (SSSR count). The predicted octanol–water partition coefficient (Wildman–Crippen LogP) is -1.85. The Bertz CT molecular complexity index is 275. The maximum absolute atomic E-state index is 6.20. The largest absolute Gasteiger partial charge is 1.00 e. The molecule has 0 N–H and O–H groups in total. The highest BCUT2D eigenvalue weighted by Crippen LogP contribution is 2.39. The first-order chi connectivity index (χ1) is 8.20. The minimum Gasteiger partial charge on any atom is -1.00 e. The second-order valence-electron chi connectivity index (χ2n) is 6.03. The van der Waals surface area contributed by atoms with Crippen LogP contribution in [0.3, 0.4) is 0 Å². The van der Waals surface area contributed by atoms with E-state index in [9.17, 15) is 0 Å². The molecule has 2 heterocycles. The van der Waals surface area contributed by atoms with E-state index in [1.807, 2.05) is 0 Å². The number of nitrogens with zero attached hydrogens (tertiary/aromatic N) is 1. The van der Waals surface area contributed by atoms with Gasteiger partial charge in [-0.3, -0.25) is 0 Å². The molecule has 0 aromatic rings. The van der Waals surface area contributed by atoms with Gasteiger partial charge in [0.05, 0.1) is 26.9 Å². The first kappa shape index (κ1) is 15.0. The molecular weight excluding hydrogens is 345 g/mol. The Balaban J connectivity index is 0.00000120. The summed E-state index contributed by atoms with van der Waals surface area (Å²) in [7, 11) is 2.31. The fourth-order valence-electron chi connectivity index (χ4n) is 3.34. The van der Waals surface area contributed by atoms with Gasteiger partial charge in [-0.15, -0.1) is 0 Å². The Labute approximate surface area is 127 Å². The highest BCUT2D eigenvalue weighted by Gasteiger charge is 2.45. The van der Waals surface area contributed by atoms with Gasteiger partial charge in [-0.2, -0.15) is 0 Å². The second-order valence-corrected chi connectivity index (χ2v) is 6.03. The molecule has 0 radical (unpaired) electrons.